The number of aromatic nitrogens is 1. The van der Waals surface area contributed by atoms with E-state index < -0.39 is 0 Å². The molecule has 4 aromatic rings. The maximum absolute atomic E-state index is 13.6. The summed E-state index contributed by atoms with van der Waals surface area (Å²) in [6, 6.07) is 25.3. The number of nitrogens with zero attached hydrogens (tertiary/aromatic N) is 2. The third-order valence-corrected chi connectivity index (χ3v) is 7.58. The molecule has 1 aliphatic heterocycles. The van der Waals surface area contributed by atoms with Gasteiger partial charge < -0.3 is 4.74 Å². The summed E-state index contributed by atoms with van der Waals surface area (Å²) in [5.74, 6) is 0.712. The number of thiazole rings is 1. The molecule has 4 nitrogen and oxygen atoms in total. The van der Waals surface area contributed by atoms with Gasteiger partial charge in [-0.1, -0.05) is 78.0 Å². The molecule has 1 aromatic heterocycles. The summed E-state index contributed by atoms with van der Waals surface area (Å²) in [5, 5.41) is 3.10. The Kier molecular flexibility index (Phi) is 6.22. The van der Waals surface area contributed by atoms with Crippen LogP contribution in [0.2, 0.25) is 5.02 Å². The van der Waals surface area contributed by atoms with Crippen LogP contribution in [0.1, 0.15) is 16.5 Å². The fraction of sp³-hybridized carbons (Fsp3) is 0.0769. The predicted molar refractivity (Wildman–Crippen MR) is 138 cm³/mol. The Morgan fingerprint density at radius 3 is 2.42 bits per heavy atom. The number of carbonyl (C=O) groups is 1. The first-order valence-corrected chi connectivity index (χ1v) is 12.4. The average Bonchev–Trinajstić information content (AvgIpc) is 3.46. The number of ether oxygens (including phenoxy) is 1. The van der Waals surface area contributed by atoms with Crippen LogP contribution in [-0.2, 0) is 4.79 Å². The van der Waals surface area contributed by atoms with Crippen molar-refractivity contribution >= 4 is 51.8 Å². The van der Waals surface area contributed by atoms with Crippen molar-refractivity contribution in [1.29, 1.82) is 0 Å². The monoisotopic (exact) mass is 490 g/mol. The molecular weight excluding hydrogens is 472 g/mol. The molecule has 1 atom stereocenters. The highest BCUT2D eigenvalue weighted by atomic mass is 35.5. The van der Waals surface area contributed by atoms with E-state index in [0.717, 1.165) is 28.1 Å². The molecule has 7 heteroatoms. The fourth-order valence-corrected chi connectivity index (χ4v) is 5.83. The predicted octanol–water partition coefficient (Wildman–Crippen LogP) is 7.29. The Labute approximate surface area is 205 Å². The quantitative estimate of drug-likeness (QED) is 0.275. The van der Waals surface area contributed by atoms with Crippen LogP contribution >= 0.6 is 34.7 Å². The lowest BCUT2D eigenvalue weighted by atomic mass is 10.2. The van der Waals surface area contributed by atoms with Crippen LogP contribution in [0.15, 0.2) is 89.1 Å². The van der Waals surface area contributed by atoms with E-state index in [-0.39, 0.29) is 11.3 Å². The molecule has 1 saturated heterocycles. The van der Waals surface area contributed by atoms with Crippen molar-refractivity contribution < 1.29 is 9.53 Å². The number of amides is 1. The number of rotatable bonds is 5. The lowest BCUT2D eigenvalue weighted by molar-refractivity contribution is -0.114. The Morgan fingerprint density at radius 2 is 1.73 bits per heavy atom. The highest BCUT2D eigenvalue weighted by Crippen LogP contribution is 2.49. The summed E-state index contributed by atoms with van der Waals surface area (Å²) < 4.78 is 5.24. The van der Waals surface area contributed by atoms with Crippen molar-refractivity contribution in [1.82, 2.24) is 4.98 Å². The Hall–Kier alpha value is -3.06. The van der Waals surface area contributed by atoms with Crippen LogP contribution in [0, 0.1) is 0 Å². The number of carbonyl (C=O) groups excluding carboxylic acids is 1. The minimum Gasteiger partial charge on any atom is -0.497 e. The summed E-state index contributed by atoms with van der Waals surface area (Å²) in [5.41, 5.74) is 3.81. The fourth-order valence-electron chi connectivity index (χ4n) is 3.54. The van der Waals surface area contributed by atoms with Crippen LogP contribution in [0.5, 0.6) is 5.75 Å². The molecule has 0 aliphatic carbocycles. The third-order valence-electron chi connectivity index (χ3n) is 5.24. The average molecular weight is 491 g/mol. The molecule has 1 fully saturated rings. The van der Waals surface area contributed by atoms with Crippen LogP contribution in [0.3, 0.4) is 0 Å². The van der Waals surface area contributed by atoms with Gasteiger partial charge in [-0.2, -0.15) is 0 Å². The minimum atomic E-state index is -0.228. The van der Waals surface area contributed by atoms with Gasteiger partial charge in [0.05, 0.1) is 17.7 Å². The molecule has 3 aromatic carbocycles. The summed E-state index contributed by atoms with van der Waals surface area (Å²) in [4.78, 5) is 20.8. The molecule has 2 heterocycles. The third kappa shape index (κ3) is 4.55. The smallest absolute Gasteiger partial charge is 0.267 e. The van der Waals surface area contributed by atoms with Crippen molar-refractivity contribution in [2.24, 2.45) is 0 Å². The normalized spacial score (nSPS) is 17.0. The van der Waals surface area contributed by atoms with E-state index in [2.05, 4.69) is 0 Å². The molecule has 0 spiro atoms. The minimum absolute atomic E-state index is 0.0651. The van der Waals surface area contributed by atoms with Crippen LogP contribution in [-0.4, -0.2) is 18.0 Å². The van der Waals surface area contributed by atoms with Crippen molar-refractivity contribution in [3.05, 3.63) is 105 Å². The largest absolute Gasteiger partial charge is 0.497 e. The molecule has 0 unspecified atom stereocenters. The zero-order valence-electron chi connectivity index (χ0n) is 17.6. The van der Waals surface area contributed by atoms with Crippen LogP contribution in [0.25, 0.3) is 17.3 Å². The standard InChI is InChI=1S/C26H19ClN2O2S2/c1-31-21-13-7-17(8-14-21)15-23-24(30)29(25(33-23)19-9-11-20(27)12-10-19)26-28-22(16-32-26)18-5-3-2-4-6-18/h2-16,25H,1H3/b23-15-/t25-/m0/s1. The van der Waals surface area contributed by atoms with Crippen molar-refractivity contribution in [3.63, 3.8) is 0 Å². The van der Waals surface area contributed by atoms with E-state index >= 15 is 0 Å². The van der Waals surface area contributed by atoms with Gasteiger partial charge >= 0.3 is 0 Å². The zero-order chi connectivity index (χ0) is 22.8. The lowest BCUT2D eigenvalue weighted by Gasteiger charge is -2.21. The highest BCUT2D eigenvalue weighted by molar-refractivity contribution is 8.05. The summed E-state index contributed by atoms with van der Waals surface area (Å²) in [7, 11) is 1.64. The van der Waals surface area contributed by atoms with Crippen LogP contribution < -0.4 is 9.64 Å². The van der Waals surface area contributed by atoms with Gasteiger partial charge in [0.1, 0.15) is 11.1 Å². The topological polar surface area (TPSA) is 42.4 Å². The van der Waals surface area contributed by atoms with Gasteiger partial charge in [-0.3, -0.25) is 9.69 Å². The molecule has 1 amide bonds. The maximum Gasteiger partial charge on any atom is 0.267 e. The first kappa shape index (κ1) is 21.8. The van der Waals surface area contributed by atoms with Gasteiger partial charge in [-0.05, 0) is 41.5 Å². The summed E-state index contributed by atoms with van der Waals surface area (Å²) >= 11 is 9.10. The zero-order valence-corrected chi connectivity index (χ0v) is 20.0. The van der Waals surface area contributed by atoms with Gasteiger partial charge in [-0.15, -0.1) is 11.3 Å². The van der Waals surface area contributed by atoms with Gasteiger partial charge in [-0.25, -0.2) is 4.98 Å². The van der Waals surface area contributed by atoms with E-state index in [4.69, 9.17) is 21.3 Å². The SMILES string of the molecule is COc1ccc(/C=C2\S[C@@H](c3ccc(Cl)cc3)N(c3nc(-c4ccccc4)cs3)C2=O)cc1. The molecule has 1 aliphatic rings. The number of anilines is 1. The van der Waals surface area contributed by atoms with Gasteiger partial charge in [0, 0.05) is 16.0 Å². The molecule has 0 radical (unpaired) electrons. The highest BCUT2D eigenvalue weighted by Gasteiger charge is 2.39. The van der Waals surface area contributed by atoms with Gasteiger partial charge in [0.15, 0.2) is 5.13 Å². The molecule has 164 valence electrons. The molecule has 0 N–H and O–H groups in total. The number of halogens is 1. The Balaban J connectivity index is 1.53. The molecular formula is C26H19ClN2O2S2. The number of hydrogen-bond acceptors (Lipinski definition) is 5. The summed E-state index contributed by atoms with van der Waals surface area (Å²) in [6.07, 6.45) is 1.92. The maximum atomic E-state index is 13.6. The number of methoxy groups -OCH3 is 1. The Morgan fingerprint density at radius 1 is 1.00 bits per heavy atom. The lowest BCUT2D eigenvalue weighted by Crippen LogP contribution is -2.27. The second-order valence-corrected chi connectivity index (χ2v) is 9.76. The first-order valence-electron chi connectivity index (χ1n) is 10.2. The van der Waals surface area contributed by atoms with E-state index in [1.807, 2.05) is 90.3 Å². The molecule has 5 rings (SSSR count). The molecule has 0 saturated carbocycles. The van der Waals surface area contributed by atoms with Crippen molar-refractivity contribution in [2.45, 2.75) is 5.37 Å². The Bertz CT molecular complexity index is 1300. The first-order chi connectivity index (χ1) is 16.1. The molecule has 0 bridgehead atoms. The summed E-state index contributed by atoms with van der Waals surface area (Å²) in [6.45, 7) is 0. The molecule has 33 heavy (non-hydrogen) atoms. The number of benzene rings is 3. The second kappa shape index (κ2) is 9.43. The van der Waals surface area contributed by atoms with Crippen molar-refractivity contribution in [2.75, 3.05) is 12.0 Å². The van der Waals surface area contributed by atoms with E-state index in [9.17, 15) is 4.79 Å². The van der Waals surface area contributed by atoms with Gasteiger partial charge in [0.25, 0.3) is 5.91 Å². The van der Waals surface area contributed by atoms with Crippen LogP contribution in [0.4, 0.5) is 5.13 Å². The second-order valence-electron chi connectivity index (χ2n) is 7.36. The van der Waals surface area contributed by atoms with E-state index in [0.29, 0.717) is 15.1 Å². The van der Waals surface area contributed by atoms with Gasteiger partial charge in [0.2, 0.25) is 0 Å². The van der Waals surface area contributed by atoms with Crippen molar-refractivity contribution in [3.8, 4) is 17.0 Å². The number of thioether (sulfide) groups is 1. The van der Waals surface area contributed by atoms with E-state index in [1.165, 1.54) is 23.1 Å². The van der Waals surface area contributed by atoms with E-state index in [1.54, 1.807) is 12.0 Å². The number of hydrogen-bond donors (Lipinski definition) is 0.